The van der Waals surface area contributed by atoms with E-state index in [0.717, 1.165) is 17.7 Å². The van der Waals surface area contributed by atoms with Crippen molar-refractivity contribution in [3.63, 3.8) is 0 Å². The van der Waals surface area contributed by atoms with Crippen molar-refractivity contribution in [3.05, 3.63) is 65.0 Å². The number of thiol groups is 1. The van der Waals surface area contributed by atoms with Crippen LogP contribution >= 0.6 is 12.8 Å². The Balaban J connectivity index is 2.07. The Hall–Kier alpha value is -2.75. The van der Waals surface area contributed by atoms with Gasteiger partial charge in [0, 0.05) is 6.54 Å². The Kier molecular flexibility index (Phi) is 6.32. The van der Waals surface area contributed by atoms with E-state index in [4.69, 9.17) is 5.73 Å². The van der Waals surface area contributed by atoms with Gasteiger partial charge in [0.1, 0.15) is 5.82 Å². The van der Waals surface area contributed by atoms with E-state index < -0.39 is 29.2 Å². The van der Waals surface area contributed by atoms with Gasteiger partial charge in [-0.1, -0.05) is 24.9 Å². The Bertz CT molecular complexity index is 841. The second-order valence-electron chi connectivity index (χ2n) is 5.51. The van der Waals surface area contributed by atoms with E-state index >= 15 is 0 Å². The van der Waals surface area contributed by atoms with E-state index in [2.05, 4.69) is 18.1 Å². The van der Waals surface area contributed by atoms with Crippen LogP contribution in [0.1, 0.15) is 21.5 Å². The van der Waals surface area contributed by atoms with Gasteiger partial charge in [-0.05, 0) is 42.3 Å². The minimum atomic E-state index is -4.83. The highest BCUT2D eigenvalue weighted by atomic mass is 32.1. The van der Waals surface area contributed by atoms with Crippen LogP contribution in [0, 0.1) is 5.82 Å². The van der Waals surface area contributed by atoms with E-state index in [1.54, 1.807) is 12.1 Å². The minimum absolute atomic E-state index is 0.160. The lowest BCUT2D eigenvalue weighted by atomic mass is 10.1. The molecule has 0 radical (unpaired) electrons. The van der Waals surface area contributed by atoms with Crippen LogP contribution in [0.5, 0.6) is 0 Å². The molecule has 0 heterocycles. The lowest BCUT2D eigenvalue weighted by Crippen LogP contribution is -2.35. The maximum atomic E-state index is 13.1. The van der Waals surface area contributed by atoms with Crippen LogP contribution in [-0.4, -0.2) is 18.5 Å². The molecule has 0 saturated heterocycles. The van der Waals surface area contributed by atoms with Gasteiger partial charge in [-0.25, -0.2) is 13.5 Å². The van der Waals surface area contributed by atoms with Crippen LogP contribution in [0.4, 0.5) is 28.0 Å². The van der Waals surface area contributed by atoms with E-state index in [-0.39, 0.29) is 18.0 Å². The summed E-state index contributed by atoms with van der Waals surface area (Å²) in [5.41, 5.74) is 3.58. The van der Waals surface area contributed by atoms with Gasteiger partial charge in [0.05, 0.1) is 16.8 Å². The first-order valence-electron chi connectivity index (χ1n) is 7.62. The average molecular weight is 401 g/mol. The van der Waals surface area contributed by atoms with Gasteiger partial charge in [0.2, 0.25) is 5.91 Å². The molecule has 0 bridgehead atoms. The molecule has 144 valence electrons. The molecule has 0 spiro atoms. The summed E-state index contributed by atoms with van der Waals surface area (Å²) < 4.78 is 52.8. The van der Waals surface area contributed by atoms with Gasteiger partial charge < -0.3 is 11.1 Å². The summed E-state index contributed by atoms with van der Waals surface area (Å²) in [5.74, 6) is -1.62. The molecule has 2 aromatic rings. The minimum Gasteiger partial charge on any atom is -0.366 e. The number of urea groups is 1. The van der Waals surface area contributed by atoms with Gasteiger partial charge in [-0.3, -0.25) is 4.79 Å². The third kappa shape index (κ3) is 5.36. The van der Waals surface area contributed by atoms with E-state index in [1.165, 1.54) is 12.1 Å². The first-order valence-corrected chi connectivity index (χ1v) is 8.02. The molecule has 0 fully saturated rings. The number of benzene rings is 2. The number of nitrogens with one attached hydrogen (secondary N) is 1. The number of carbonyl (C=O) groups excluding carboxylic acids is 2. The van der Waals surface area contributed by atoms with Crippen molar-refractivity contribution in [1.82, 2.24) is 5.32 Å². The largest absolute Gasteiger partial charge is 0.417 e. The van der Waals surface area contributed by atoms with E-state index in [9.17, 15) is 27.2 Å². The number of halogens is 4. The fourth-order valence-corrected chi connectivity index (χ4v) is 2.47. The second-order valence-corrected chi connectivity index (χ2v) is 5.91. The standard InChI is InChI=1S/C17H15F4N3O2S/c18-11-3-1-10(2-4-11)7-8-23-16(26)24(27)12-5-6-13(15(22)25)14(9-12)17(19,20)21/h1-6,9,27H,7-8H2,(H2,22,25)(H,23,26). The van der Waals surface area contributed by atoms with E-state index in [0.29, 0.717) is 16.8 Å². The summed E-state index contributed by atoms with van der Waals surface area (Å²) in [6.07, 6.45) is -4.43. The molecule has 2 rings (SSSR count). The lowest BCUT2D eigenvalue weighted by Gasteiger charge is -2.19. The fourth-order valence-electron chi connectivity index (χ4n) is 2.27. The highest BCUT2D eigenvalue weighted by molar-refractivity contribution is 7.82. The molecule has 0 atom stereocenters. The number of hydrogen-bond donors (Lipinski definition) is 3. The van der Waals surface area contributed by atoms with Crippen molar-refractivity contribution in [2.45, 2.75) is 12.6 Å². The van der Waals surface area contributed by atoms with Crippen molar-refractivity contribution < 1.29 is 27.2 Å². The third-order valence-electron chi connectivity index (χ3n) is 3.61. The fraction of sp³-hybridized carbons (Fsp3) is 0.176. The molecule has 27 heavy (non-hydrogen) atoms. The summed E-state index contributed by atoms with van der Waals surface area (Å²) in [7, 11) is 0. The number of hydrogen-bond acceptors (Lipinski definition) is 3. The van der Waals surface area contributed by atoms with Crippen molar-refractivity contribution in [2.75, 3.05) is 10.8 Å². The zero-order valence-corrected chi connectivity index (χ0v) is 14.7. The van der Waals surface area contributed by atoms with Gasteiger partial charge in [0.25, 0.3) is 0 Å². The Morgan fingerprint density at radius 2 is 1.74 bits per heavy atom. The molecular weight excluding hydrogens is 386 g/mol. The molecule has 2 aromatic carbocycles. The monoisotopic (exact) mass is 401 g/mol. The first kappa shape index (κ1) is 20.6. The number of carbonyl (C=O) groups is 2. The third-order valence-corrected chi connectivity index (χ3v) is 4.03. The normalized spacial score (nSPS) is 11.1. The van der Waals surface area contributed by atoms with Crippen molar-refractivity contribution in [3.8, 4) is 0 Å². The maximum Gasteiger partial charge on any atom is 0.417 e. The van der Waals surface area contributed by atoms with E-state index in [1.807, 2.05) is 0 Å². The summed E-state index contributed by atoms with van der Waals surface area (Å²) in [5, 5.41) is 2.48. The maximum absolute atomic E-state index is 13.1. The van der Waals surface area contributed by atoms with Gasteiger partial charge >= 0.3 is 12.2 Å². The molecule has 0 aromatic heterocycles. The number of rotatable bonds is 5. The van der Waals surface area contributed by atoms with Gasteiger partial charge in [0.15, 0.2) is 0 Å². The smallest absolute Gasteiger partial charge is 0.366 e. The first-order chi connectivity index (χ1) is 12.6. The predicted molar refractivity (Wildman–Crippen MR) is 94.9 cm³/mol. The molecule has 5 nitrogen and oxygen atoms in total. The second kappa shape index (κ2) is 8.30. The summed E-state index contributed by atoms with van der Waals surface area (Å²) >= 11 is 3.91. The number of nitrogens with two attached hydrogens (primary N) is 1. The van der Waals surface area contributed by atoms with Crippen LogP contribution in [0.25, 0.3) is 0 Å². The Morgan fingerprint density at radius 1 is 1.11 bits per heavy atom. The number of nitrogens with zero attached hydrogens (tertiary/aromatic N) is 1. The highest BCUT2D eigenvalue weighted by Crippen LogP contribution is 2.34. The molecule has 3 N–H and O–H groups in total. The molecule has 3 amide bonds. The molecule has 0 aliphatic heterocycles. The lowest BCUT2D eigenvalue weighted by molar-refractivity contribution is -0.137. The number of anilines is 1. The van der Waals surface area contributed by atoms with Gasteiger partial charge in [-0.15, -0.1) is 0 Å². The van der Waals surface area contributed by atoms with Crippen LogP contribution in [0.3, 0.4) is 0 Å². The van der Waals surface area contributed by atoms with Crippen LogP contribution in [0.2, 0.25) is 0 Å². The predicted octanol–water partition coefficient (Wildman–Crippen LogP) is 3.55. The zero-order chi connectivity index (χ0) is 20.2. The van der Waals surface area contributed by atoms with Gasteiger partial charge in [-0.2, -0.15) is 13.2 Å². The summed E-state index contributed by atoms with van der Waals surface area (Å²) in [6, 6.07) is 7.53. The van der Waals surface area contributed by atoms with Crippen LogP contribution in [-0.2, 0) is 12.6 Å². The topological polar surface area (TPSA) is 75.4 Å². The zero-order valence-electron chi connectivity index (χ0n) is 13.8. The average Bonchev–Trinajstić information content (AvgIpc) is 2.61. The molecule has 0 aliphatic rings. The molecule has 10 heteroatoms. The molecule has 0 saturated carbocycles. The SMILES string of the molecule is NC(=O)c1ccc(N(S)C(=O)NCCc2ccc(F)cc2)cc1C(F)(F)F. The van der Waals surface area contributed by atoms with Crippen molar-refractivity contribution >= 4 is 30.4 Å². The Labute approximate surface area is 157 Å². The van der Waals surface area contributed by atoms with Crippen molar-refractivity contribution in [2.24, 2.45) is 5.73 Å². The highest BCUT2D eigenvalue weighted by Gasteiger charge is 2.35. The van der Waals surface area contributed by atoms with Crippen LogP contribution < -0.4 is 15.4 Å². The number of amides is 3. The number of alkyl halides is 3. The number of primary amides is 1. The van der Waals surface area contributed by atoms with Crippen molar-refractivity contribution in [1.29, 1.82) is 0 Å². The Morgan fingerprint density at radius 3 is 2.30 bits per heavy atom. The molecular formula is C17H15F4N3O2S. The summed E-state index contributed by atoms with van der Waals surface area (Å²) in [4.78, 5) is 23.2. The summed E-state index contributed by atoms with van der Waals surface area (Å²) in [6.45, 7) is 0.160. The molecule has 0 aliphatic carbocycles. The van der Waals surface area contributed by atoms with Crippen LogP contribution in [0.15, 0.2) is 42.5 Å². The molecule has 0 unspecified atom stereocenters. The quantitative estimate of drug-likeness (QED) is 0.530.